The number of pyridine rings is 1. The molecule has 0 aliphatic rings. The van der Waals surface area contributed by atoms with Gasteiger partial charge in [-0.1, -0.05) is 47.1 Å². The Bertz CT molecular complexity index is 1310. The third-order valence-corrected chi connectivity index (χ3v) is 6.28. The number of methoxy groups -OCH3 is 2. The van der Waals surface area contributed by atoms with Crippen LogP contribution in [0.1, 0.15) is 5.56 Å². The van der Waals surface area contributed by atoms with Gasteiger partial charge in [-0.05, 0) is 30.0 Å². The number of aromatic nitrogens is 3. The van der Waals surface area contributed by atoms with Gasteiger partial charge in [-0.2, -0.15) is 0 Å². The van der Waals surface area contributed by atoms with Gasteiger partial charge in [0.05, 0.1) is 30.0 Å². The SMILES string of the molecule is COc1cc(OC)c(Cl)c(-c2cc3cnc(SC)nc3c(NCc3cccc(N)c3)n2)c1Cl. The van der Waals surface area contributed by atoms with Crippen LogP contribution >= 0.6 is 35.0 Å². The maximum absolute atomic E-state index is 6.65. The van der Waals surface area contributed by atoms with Crippen molar-refractivity contribution in [3.05, 3.63) is 58.2 Å². The predicted molar refractivity (Wildman–Crippen MR) is 136 cm³/mol. The Labute approximate surface area is 205 Å². The van der Waals surface area contributed by atoms with Crippen molar-refractivity contribution in [1.82, 2.24) is 15.0 Å². The van der Waals surface area contributed by atoms with E-state index in [0.29, 0.717) is 61.5 Å². The molecule has 0 bridgehead atoms. The highest BCUT2D eigenvalue weighted by atomic mass is 35.5. The molecule has 0 fully saturated rings. The molecule has 4 rings (SSSR count). The van der Waals surface area contributed by atoms with Crippen LogP contribution in [0.5, 0.6) is 11.5 Å². The highest BCUT2D eigenvalue weighted by Crippen LogP contribution is 2.46. The number of nitrogen functional groups attached to an aromatic ring is 1. The molecule has 4 aromatic rings. The van der Waals surface area contributed by atoms with Gasteiger partial charge in [0.2, 0.25) is 0 Å². The Kier molecular flexibility index (Phi) is 6.97. The number of thioether (sulfide) groups is 1. The van der Waals surface area contributed by atoms with Crippen LogP contribution in [0.25, 0.3) is 22.2 Å². The zero-order valence-electron chi connectivity index (χ0n) is 18.1. The van der Waals surface area contributed by atoms with Crippen molar-refractivity contribution < 1.29 is 9.47 Å². The second-order valence-corrected chi connectivity index (χ2v) is 8.56. The first kappa shape index (κ1) is 23.2. The number of nitrogens with zero attached hydrogens (tertiary/aromatic N) is 3. The number of ether oxygens (including phenoxy) is 2. The Balaban J connectivity index is 1.89. The third kappa shape index (κ3) is 4.73. The van der Waals surface area contributed by atoms with Crippen molar-refractivity contribution in [2.75, 3.05) is 31.5 Å². The number of anilines is 2. The van der Waals surface area contributed by atoms with Crippen molar-refractivity contribution in [2.24, 2.45) is 0 Å². The van der Waals surface area contributed by atoms with Crippen molar-refractivity contribution in [1.29, 1.82) is 0 Å². The Hall–Kier alpha value is -2.94. The summed E-state index contributed by atoms with van der Waals surface area (Å²) in [5.74, 6) is 1.42. The molecule has 170 valence electrons. The normalized spacial score (nSPS) is 10.9. The fourth-order valence-corrected chi connectivity index (χ4v) is 4.41. The summed E-state index contributed by atoms with van der Waals surface area (Å²) in [6.45, 7) is 0.498. The van der Waals surface area contributed by atoms with Crippen LogP contribution < -0.4 is 20.5 Å². The lowest BCUT2D eigenvalue weighted by molar-refractivity contribution is 0.395. The molecule has 0 saturated carbocycles. The van der Waals surface area contributed by atoms with E-state index >= 15 is 0 Å². The summed E-state index contributed by atoms with van der Waals surface area (Å²) in [6.07, 6.45) is 3.68. The summed E-state index contributed by atoms with van der Waals surface area (Å²) in [7, 11) is 3.06. The van der Waals surface area contributed by atoms with Gasteiger partial charge in [-0.3, -0.25) is 0 Å². The summed E-state index contributed by atoms with van der Waals surface area (Å²) in [6, 6.07) is 11.1. The molecule has 7 nitrogen and oxygen atoms in total. The van der Waals surface area contributed by atoms with E-state index in [4.69, 9.17) is 43.4 Å². The fraction of sp³-hybridized carbons (Fsp3) is 0.174. The van der Waals surface area contributed by atoms with Gasteiger partial charge in [0.25, 0.3) is 0 Å². The number of rotatable bonds is 7. The number of nitrogens with two attached hydrogens (primary N) is 1. The molecule has 0 spiro atoms. The minimum Gasteiger partial charge on any atom is -0.495 e. The molecule has 0 radical (unpaired) electrons. The minimum absolute atomic E-state index is 0.332. The number of hydrogen-bond donors (Lipinski definition) is 2. The lowest BCUT2D eigenvalue weighted by Crippen LogP contribution is -2.05. The topological polar surface area (TPSA) is 95.2 Å². The lowest BCUT2D eigenvalue weighted by Gasteiger charge is -2.16. The smallest absolute Gasteiger partial charge is 0.187 e. The first-order valence-corrected chi connectivity index (χ1v) is 11.8. The zero-order chi connectivity index (χ0) is 23.5. The summed E-state index contributed by atoms with van der Waals surface area (Å²) < 4.78 is 10.8. The van der Waals surface area contributed by atoms with Gasteiger partial charge in [-0.15, -0.1) is 0 Å². The molecular weight excluding hydrogens is 481 g/mol. The van der Waals surface area contributed by atoms with Gasteiger partial charge in [-0.25, -0.2) is 15.0 Å². The van der Waals surface area contributed by atoms with Gasteiger partial charge < -0.3 is 20.5 Å². The number of nitrogens with one attached hydrogen (secondary N) is 1. The molecule has 10 heteroatoms. The molecular formula is C23H21Cl2N5O2S. The summed E-state index contributed by atoms with van der Waals surface area (Å²) in [5.41, 5.74) is 9.34. The average Bonchev–Trinajstić information content (AvgIpc) is 2.82. The summed E-state index contributed by atoms with van der Waals surface area (Å²) in [4.78, 5) is 13.9. The maximum atomic E-state index is 6.65. The highest BCUT2D eigenvalue weighted by molar-refractivity contribution is 7.98. The van der Waals surface area contributed by atoms with Gasteiger partial charge in [0, 0.05) is 35.4 Å². The van der Waals surface area contributed by atoms with Crippen molar-refractivity contribution >= 4 is 57.4 Å². The Morgan fingerprint density at radius 3 is 2.39 bits per heavy atom. The first-order valence-electron chi connectivity index (χ1n) is 9.85. The minimum atomic E-state index is 0.332. The van der Waals surface area contributed by atoms with Crippen molar-refractivity contribution in [3.8, 4) is 22.8 Å². The van der Waals surface area contributed by atoms with Crippen LogP contribution in [0.4, 0.5) is 11.5 Å². The van der Waals surface area contributed by atoms with E-state index in [9.17, 15) is 0 Å². The van der Waals surface area contributed by atoms with E-state index in [1.165, 1.54) is 26.0 Å². The predicted octanol–water partition coefficient (Wildman–Crippen LogP) is 5.93. The van der Waals surface area contributed by atoms with Crippen molar-refractivity contribution in [2.45, 2.75) is 11.7 Å². The number of fused-ring (bicyclic) bond motifs is 1. The monoisotopic (exact) mass is 501 g/mol. The second kappa shape index (κ2) is 9.91. The molecule has 0 aliphatic heterocycles. The van der Waals surface area contributed by atoms with E-state index < -0.39 is 0 Å². The summed E-state index contributed by atoms with van der Waals surface area (Å²) in [5, 5.41) is 5.46. The number of benzene rings is 2. The van der Waals surface area contributed by atoms with Gasteiger partial charge in [0.15, 0.2) is 11.0 Å². The third-order valence-electron chi connectivity index (χ3n) is 4.97. The second-order valence-electron chi connectivity index (χ2n) is 7.03. The van der Waals surface area contributed by atoms with Crippen LogP contribution in [0, 0.1) is 0 Å². The molecule has 0 atom stereocenters. The van der Waals surface area contributed by atoms with Crippen molar-refractivity contribution in [3.63, 3.8) is 0 Å². The largest absolute Gasteiger partial charge is 0.495 e. The Morgan fingerprint density at radius 2 is 1.76 bits per heavy atom. The highest BCUT2D eigenvalue weighted by Gasteiger charge is 2.21. The fourth-order valence-electron chi connectivity index (χ4n) is 3.37. The van der Waals surface area contributed by atoms with Gasteiger partial charge >= 0.3 is 0 Å². The standard InChI is InChI=1S/C23H21Cl2N5O2S/c1-31-16-9-17(32-2)20(25)18(19(16)24)15-8-13-11-28-23(33-3)30-21(13)22(29-15)27-10-12-5-4-6-14(26)7-12/h4-9,11H,10,26H2,1-3H3,(H,27,29). The lowest BCUT2D eigenvalue weighted by atomic mass is 10.1. The first-order chi connectivity index (χ1) is 15.9. The van der Waals surface area contributed by atoms with Crippen LogP contribution in [0.15, 0.2) is 47.8 Å². The quantitative estimate of drug-likeness (QED) is 0.182. The van der Waals surface area contributed by atoms with E-state index in [0.717, 1.165) is 10.9 Å². The molecule has 0 saturated heterocycles. The molecule has 0 unspecified atom stereocenters. The molecule has 2 aromatic heterocycles. The Morgan fingerprint density at radius 1 is 1.03 bits per heavy atom. The van der Waals surface area contributed by atoms with E-state index in [-0.39, 0.29) is 0 Å². The molecule has 3 N–H and O–H groups in total. The molecule has 0 amide bonds. The molecule has 0 aliphatic carbocycles. The molecule has 2 heterocycles. The van der Waals surface area contributed by atoms with Crippen LogP contribution in [0.2, 0.25) is 10.0 Å². The maximum Gasteiger partial charge on any atom is 0.187 e. The number of hydrogen-bond acceptors (Lipinski definition) is 8. The molecule has 2 aromatic carbocycles. The van der Waals surface area contributed by atoms with Crippen LogP contribution in [-0.4, -0.2) is 35.4 Å². The van der Waals surface area contributed by atoms with Crippen LogP contribution in [-0.2, 0) is 6.54 Å². The van der Waals surface area contributed by atoms with E-state index in [2.05, 4.69) is 15.3 Å². The number of halogens is 2. The average molecular weight is 502 g/mol. The summed E-state index contributed by atoms with van der Waals surface area (Å²) >= 11 is 14.7. The van der Waals surface area contributed by atoms with Crippen LogP contribution in [0.3, 0.4) is 0 Å². The van der Waals surface area contributed by atoms with E-state index in [1.807, 2.05) is 36.6 Å². The molecule has 33 heavy (non-hydrogen) atoms. The zero-order valence-corrected chi connectivity index (χ0v) is 20.5. The van der Waals surface area contributed by atoms with Gasteiger partial charge in [0.1, 0.15) is 17.0 Å². The van der Waals surface area contributed by atoms with E-state index in [1.54, 1.807) is 12.3 Å².